The molecule has 0 aliphatic rings. The number of nitrogens with zero attached hydrogens (tertiary/aromatic N) is 2. The van der Waals surface area contributed by atoms with E-state index in [9.17, 15) is 22.4 Å². The molecule has 186 valence electrons. The third-order valence-corrected chi connectivity index (χ3v) is 6.31. The molecule has 0 heterocycles. The molecule has 1 atom stereocenters. The average molecular weight is 494 g/mol. The van der Waals surface area contributed by atoms with E-state index in [2.05, 4.69) is 5.32 Å². The van der Waals surface area contributed by atoms with Crippen LogP contribution in [-0.4, -0.2) is 57.6 Å². The molecule has 0 aliphatic heterocycles. The second-order valence-electron chi connectivity index (χ2n) is 8.37. The molecule has 34 heavy (non-hydrogen) atoms. The summed E-state index contributed by atoms with van der Waals surface area (Å²) in [7, 11) is -2.50. The van der Waals surface area contributed by atoms with Crippen LogP contribution in [-0.2, 0) is 26.2 Å². The van der Waals surface area contributed by atoms with Crippen LogP contribution in [0.1, 0.15) is 26.3 Å². The van der Waals surface area contributed by atoms with Gasteiger partial charge in [0.05, 0.1) is 19.1 Å². The highest BCUT2D eigenvalue weighted by Crippen LogP contribution is 2.29. The van der Waals surface area contributed by atoms with E-state index in [0.717, 1.165) is 10.6 Å². The molecule has 0 fully saturated rings. The number of anilines is 1. The lowest BCUT2D eigenvalue weighted by Crippen LogP contribution is -2.51. The normalized spacial score (nSPS) is 12.2. The monoisotopic (exact) mass is 493 g/mol. The SMILES string of the molecule is COc1ccccc1N(CC(=O)N(Cc1ccccc1F)C(C)C(=O)NCC(C)C)S(C)(=O)=O. The van der Waals surface area contributed by atoms with E-state index >= 15 is 0 Å². The first kappa shape index (κ1) is 27.1. The summed E-state index contributed by atoms with van der Waals surface area (Å²) >= 11 is 0. The molecule has 1 unspecified atom stereocenters. The van der Waals surface area contributed by atoms with Gasteiger partial charge >= 0.3 is 0 Å². The fourth-order valence-corrected chi connectivity index (χ4v) is 4.13. The van der Waals surface area contributed by atoms with Crippen LogP contribution in [0.15, 0.2) is 48.5 Å². The molecule has 0 radical (unpaired) electrons. The summed E-state index contributed by atoms with van der Waals surface area (Å²) in [4.78, 5) is 27.4. The molecular weight excluding hydrogens is 461 g/mol. The molecule has 2 aromatic rings. The van der Waals surface area contributed by atoms with Crippen LogP contribution in [0.25, 0.3) is 0 Å². The number of carbonyl (C=O) groups excluding carboxylic acids is 2. The Bertz CT molecular complexity index is 1110. The topological polar surface area (TPSA) is 96.0 Å². The van der Waals surface area contributed by atoms with Gasteiger partial charge in [0.2, 0.25) is 21.8 Å². The molecule has 0 aromatic heterocycles. The van der Waals surface area contributed by atoms with E-state index in [1.807, 2.05) is 13.8 Å². The van der Waals surface area contributed by atoms with Gasteiger partial charge < -0.3 is 15.0 Å². The Morgan fingerprint density at radius 1 is 1.06 bits per heavy atom. The van der Waals surface area contributed by atoms with Crippen molar-refractivity contribution in [2.24, 2.45) is 5.92 Å². The van der Waals surface area contributed by atoms with E-state index in [4.69, 9.17) is 4.74 Å². The quantitative estimate of drug-likeness (QED) is 0.519. The lowest BCUT2D eigenvalue weighted by Gasteiger charge is -2.32. The minimum absolute atomic E-state index is 0.184. The van der Waals surface area contributed by atoms with Crippen LogP contribution in [0.3, 0.4) is 0 Å². The molecule has 0 aliphatic carbocycles. The molecule has 8 nitrogen and oxygen atoms in total. The third-order valence-electron chi connectivity index (χ3n) is 5.18. The number of para-hydroxylation sites is 2. The number of hydrogen-bond donors (Lipinski definition) is 1. The van der Waals surface area contributed by atoms with Gasteiger partial charge in [-0.1, -0.05) is 44.2 Å². The molecular formula is C24H32FN3O5S. The summed E-state index contributed by atoms with van der Waals surface area (Å²) < 4.78 is 45.8. The van der Waals surface area contributed by atoms with Crippen LogP contribution in [0.5, 0.6) is 5.75 Å². The standard InChI is InChI=1S/C24H32FN3O5S/c1-17(2)14-26-24(30)18(3)27(15-19-10-6-7-11-20(19)25)23(29)16-28(34(5,31)32)21-12-8-9-13-22(21)33-4/h6-13,17-18H,14-16H2,1-5H3,(H,26,30). The van der Waals surface area contributed by atoms with Crippen molar-refractivity contribution in [2.75, 3.05) is 30.8 Å². The van der Waals surface area contributed by atoms with Crippen LogP contribution in [0.4, 0.5) is 10.1 Å². The third kappa shape index (κ3) is 7.18. The highest BCUT2D eigenvalue weighted by Gasteiger charge is 2.31. The summed E-state index contributed by atoms with van der Waals surface area (Å²) in [5.41, 5.74) is 0.395. The van der Waals surface area contributed by atoms with Crippen molar-refractivity contribution in [3.8, 4) is 5.75 Å². The first-order chi connectivity index (χ1) is 16.0. The highest BCUT2D eigenvalue weighted by atomic mass is 32.2. The molecule has 2 rings (SSSR count). The minimum Gasteiger partial charge on any atom is -0.495 e. The first-order valence-electron chi connectivity index (χ1n) is 10.9. The lowest BCUT2D eigenvalue weighted by molar-refractivity contribution is -0.139. The second-order valence-corrected chi connectivity index (χ2v) is 10.3. The van der Waals surface area contributed by atoms with Crippen molar-refractivity contribution in [3.63, 3.8) is 0 Å². The predicted molar refractivity (Wildman–Crippen MR) is 129 cm³/mol. The number of methoxy groups -OCH3 is 1. The first-order valence-corrected chi connectivity index (χ1v) is 12.7. The number of rotatable bonds is 11. The molecule has 0 bridgehead atoms. The van der Waals surface area contributed by atoms with Gasteiger partial charge in [-0.05, 0) is 31.0 Å². The van der Waals surface area contributed by atoms with E-state index in [1.54, 1.807) is 24.3 Å². The summed E-state index contributed by atoms with van der Waals surface area (Å²) in [6.07, 6.45) is 0.979. The second kappa shape index (κ2) is 11.8. The van der Waals surface area contributed by atoms with Crippen LogP contribution in [0.2, 0.25) is 0 Å². The van der Waals surface area contributed by atoms with Gasteiger partial charge in [0.25, 0.3) is 0 Å². The summed E-state index contributed by atoms with van der Waals surface area (Å²) in [5.74, 6) is -1.14. The fourth-order valence-electron chi connectivity index (χ4n) is 3.28. The van der Waals surface area contributed by atoms with Gasteiger partial charge in [0.1, 0.15) is 24.2 Å². The number of hydrogen-bond acceptors (Lipinski definition) is 5. The largest absolute Gasteiger partial charge is 0.495 e. The predicted octanol–water partition coefficient (Wildman–Crippen LogP) is 2.79. The van der Waals surface area contributed by atoms with Crippen molar-refractivity contribution < 1.29 is 27.1 Å². The molecule has 0 saturated carbocycles. The van der Waals surface area contributed by atoms with Gasteiger partial charge in [-0.3, -0.25) is 13.9 Å². The Kier molecular flexibility index (Phi) is 9.43. The number of nitrogens with one attached hydrogen (secondary N) is 1. The Balaban J connectivity index is 2.42. The Morgan fingerprint density at radius 2 is 1.68 bits per heavy atom. The molecule has 0 saturated heterocycles. The maximum Gasteiger partial charge on any atom is 0.244 e. The highest BCUT2D eigenvalue weighted by molar-refractivity contribution is 7.92. The van der Waals surface area contributed by atoms with Crippen LogP contribution < -0.4 is 14.4 Å². The van der Waals surface area contributed by atoms with Crippen molar-refractivity contribution in [3.05, 3.63) is 59.9 Å². The molecule has 2 amide bonds. The van der Waals surface area contributed by atoms with E-state index in [-0.39, 0.29) is 29.5 Å². The smallest absolute Gasteiger partial charge is 0.244 e. The maximum absolute atomic E-state index is 14.4. The van der Waals surface area contributed by atoms with E-state index < -0.39 is 40.2 Å². The Labute approximate surface area is 200 Å². The van der Waals surface area contributed by atoms with Gasteiger partial charge in [0, 0.05) is 18.7 Å². The number of carbonyl (C=O) groups is 2. The number of benzene rings is 2. The molecule has 0 spiro atoms. The zero-order valence-electron chi connectivity index (χ0n) is 20.1. The van der Waals surface area contributed by atoms with Gasteiger partial charge in [-0.2, -0.15) is 0 Å². The number of ether oxygens (including phenoxy) is 1. The van der Waals surface area contributed by atoms with E-state index in [1.165, 1.54) is 43.2 Å². The van der Waals surface area contributed by atoms with Gasteiger partial charge in [0.15, 0.2) is 0 Å². The van der Waals surface area contributed by atoms with Crippen LogP contribution >= 0.6 is 0 Å². The van der Waals surface area contributed by atoms with Crippen LogP contribution in [0, 0.1) is 11.7 Å². The number of amides is 2. The van der Waals surface area contributed by atoms with Gasteiger partial charge in [-0.15, -0.1) is 0 Å². The van der Waals surface area contributed by atoms with Crippen molar-refractivity contribution >= 4 is 27.5 Å². The van der Waals surface area contributed by atoms with Crippen molar-refractivity contribution in [1.82, 2.24) is 10.2 Å². The summed E-state index contributed by atoms with van der Waals surface area (Å²) in [5, 5.41) is 2.77. The molecule has 2 aromatic carbocycles. The van der Waals surface area contributed by atoms with Gasteiger partial charge in [-0.25, -0.2) is 12.8 Å². The average Bonchev–Trinajstić information content (AvgIpc) is 2.79. The van der Waals surface area contributed by atoms with Crippen molar-refractivity contribution in [1.29, 1.82) is 0 Å². The summed E-state index contributed by atoms with van der Waals surface area (Å²) in [6, 6.07) is 11.4. The van der Waals surface area contributed by atoms with Crippen molar-refractivity contribution in [2.45, 2.75) is 33.4 Å². The number of halogens is 1. The molecule has 10 heteroatoms. The number of sulfonamides is 1. The Hall–Kier alpha value is -3.14. The zero-order chi connectivity index (χ0) is 25.5. The van der Waals surface area contributed by atoms with E-state index in [0.29, 0.717) is 6.54 Å². The summed E-state index contributed by atoms with van der Waals surface area (Å²) in [6.45, 7) is 5.01. The lowest BCUT2D eigenvalue weighted by atomic mass is 10.1. The zero-order valence-corrected chi connectivity index (χ0v) is 20.9. The fraction of sp³-hybridized carbons (Fsp3) is 0.417. The Morgan fingerprint density at radius 3 is 2.26 bits per heavy atom. The molecule has 1 N–H and O–H groups in total. The minimum atomic E-state index is -3.90. The maximum atomic E-state index is 14.4.